The van der Waals surface area contributed by atoms with Crippen molar-refractivity contribution in [3.05, 3.63) is 11.9 Å². The maximum Gasteiger partial charge on any atom is 0.152 e. The third kappa shape index (κ3) is 5.47. The lowest BCUT2D eigenvalue weighted by molar-refractivity contribution is -0.128. The number of nitrogens with zero attached hydrogens (tertiary/aromatic N) is 3. The number of ketones is 2. The minimum atomic E-state index is -0.666. The van der Waals surface area contributed by atoms with Crippen LogP contribution in [0.25, 0.3) is 0 Å². The van der Waals surface area contributed by atoms with Gasteiger partial charge in [-0.15, -0.1) is 5.10 Å². The molecule has 6 nitrogen and oxygen atoms in total. The summed E-state index contributed by atoms with van der Waals surface area (Å²) in [6, 6.07) is 0. The number of hydrogen-bond donors (Lipinski definition) is 1. The highest BCUT2D eigenvalue weighted by molar-refractivity contribution is 5.89. The van der Waals surface area contributed by atoms with Crippen LogP contribution in [0.15, 0.2) is 6.20 Å². The van der Waals surface area contributed by atoms with Crippen LogP contribution in [-0.4, -0.2) is 38.6 Å². The smallest absolute Gasteiger partial charge is 0.152 e. The topological polar surface area (TPSA) is 76.9 Å². The zero-order valence-corrected chi connectivity index (χ0v) is 16.8. The van der Waals surface area contributed by atoms with Crippen molar-refractivity contribution in [2.75, 3.05) is 6.54 Å². The number of fused-ring (bicyclic) bond motifs is 1. The maximum absolute atomic E-state index is 12.7. The van der Waals surface area contributed by atoms with Crippen LogP contribution in [-0.2, 0) is 22.6 Å². The second-order valence-electron chi connectivity index (χ2n) is 8.52. The summed E-state index contributed by atoms with van der Waals surface area (Å²) in [6.07, 6.45) is 9.51. The van der Waals surface area contributed by atoms with Crippen molar-refractivity contribution in [1.82, 2.24) is 20.3 Å². The molecule has 0 amide bonds. The van der Waals surface area contributed by atoms with Crippen LogP contribution in [0.2, 0.25) is 0 Å². The van der Waals surface area contributed by atoms with Gasteiger partial charge in [-0.05, 0) is 46.0 Å². The molecule has 26 heavy (non-hydrogen) atoms. The predicted molar refractivity (Wildman–Crippen MR) is 102 cm³/mol. The number of nitrogens with one attached hydrogen (secondary N) is 1. The number of carbonyl (C=O) groups is 2. The monoisotopic (exact) mass is 362 g/mol. The highest BCUT2D eigenvalue weighted by Crippen LogP contribution is 2.26. The van der Waals surface area contributed by atoms with Gasteiger partial charge in [0.05, 0.1) is 24.0 Å². The molecule has 0 aromatic carbocycles. The first-order chi connectivity index (χ1) is 12.2. The van der Waals surface area contributed by atoms with Gasteiger partial charge in [0.2, 0.25) is 0 Å². The van der Waals surface area contributed by atoms with Crippen LogP contribution in [0.4, 0.5) is 0 Å². The number of aromatic nitrogens is 3. The van der Waals surface area contributed by atoms with Crippen LogP contribution >= 0.6 is 0 Å². The molecule has 1 aliphatic rings. The molecule has 0 fully saturated rings. The molecule has 0 spiro atoms. The summed E-state index contributed by atoms with van der Waals surface area (Å²) >= 11 is 0. The van der Waals surface area contributed by atoms with E-state index in [1.807, 2.05) is 31.6 Å². The standard InChI is InChI=1S/C20H34N4O2/c1-16(25)20(4)12-9-10-17-14-22-23-24(17)13-8-6-5-7-11-19(2,3)18(26)15-21-20/h14,21H,5-13,15H2,1-4H3/t20-/m0/s1. The van der Waals surface area contributed by atoms with E-state index < -0.39 is 5.54 Å². The van der Waals surface area contributed by atoms with Gasteiger partial charge in [-0.2, -0.15) is 0 Å². The molecular weight excluding hydrogens is 328 g/mol. The van der Waals surface area contributed by atoms with Gasteiger partial charge in [0, 0.05) is 12.0 Å². The van der Waals surface area contributed by atoms with Gasteiger partial charge < -0.3 is 0 Å². The molecule has 0 saturated carbocycles. The van der Waals surface area contributed by atoms with Crippen LogP contribution in [0.5, 0.6) is 0 Å². The number of Topliss-reactive ketones (excluding diaryl/α,β-unsaturated/α-hetero) is 2. The van der Waals surface area contributed by atoms with Crippen molar-refractivity contribution in [3.8, 4) is 0 Å². The summed E-state index contributed by atoms with van der Waals surface area (Å²) in [5, 5.41) is 11.5. The Morgan fingerprint density at radius 2 is 1.85 bits per heavy atom. The molecule has 0 saturated heterocycles. The summed E-state index contributed by atoms with van der Waals surface area (Å²) in [5.74, 6) is 0.273. The van der Waals surface area contributed by atoms with E-state index in [0.29, 0.717) is 6.42 Å². The molecule has 0 radical (unpaired) electrons. The molecule has 0 aliphatic carbocycles. The lowest BCUT2D eigenvalue weighted by Gasteiger charge is -2.31. The van der Waals surface area contributed by atoms with Crippen LogP contribution in [0.1, 0.15) is 78.3 Å². The van der Waals surface area contributed by atoms with E-state index >= 15 is 0 Å². The molecule has 1 N–H and O–H groups in total. The number of carbonyl (C=O) groups excluding carboxylic acids is 2. The van der Waals surface area contributed by atoms with Gasteiger partial charge in [0.15, 0.2) is 5.78 Å². The van der Waals surface area contributed by atoms with Gasteiger partial charge in [-0.3, -0.25) is 14.9 Å². The Balaban J connectivity index is 2.12. The third-order valence-electron chi connectivity index (χ3n) is 5.90. The second-order valence-corrected chi connectivity index (χ2v) is 8.52. The molecule has 2 rings (SSSR count). The van der Waals surface area contributed by atoms with Crippen molar-refractivity contribution in [1.29, 1.82) is 0 Å². The number of aryl methyl sites for hydroxylation is 2. The fraction of sp³-hybridized carbons (Fsp3) is 0.800. The summed E-state index contributed by atoms with van der Waals surface area (Å²) < 4.78 is 2.00. The zero-order chi connectivity index (χ0) is 19.2. The molecule has 1 aromatic heterocycles. The van der Waals surface area contributed by atoms with Crippen molar-refractivity contribution in [2.45, 2.75) is 91.1 Å². The molecule has 0 bridgehead atoms. The molecule has 146 valence electrons. The Morgan fingerprint density at radius 3 is 2.58 bits per heavy atom. The van der Waals surface area contributed by atoms with Crippen LogP contribution < -0.4 is 5.32 Å². The van der Waals surface area contributed by atoms with Crippen molar-refractivity contribution in [2.24, 2.45) is 5.41 Å². The van der Waals surface area contributed by atoms with E-state index in [0.717, 1.165) is 57.2 Å². The van der Waals surface area contributed by atoms with E-state index in [1.54, 1.807) is 6.92 Å². The van der Waals surface area contributed by atoms with Crippen LogP contribution in [0, 0.1) is 5.41 Å². The quantitative estimate of drug-likeness (QED) is 0.831. The number of hydrogen-bond acceptors (Lipinski definition) is 5. The lowest BCUT2D eigenvalue weighted by Crippen LogP contribution is -2.51. The SMILES string of the molecule is CC(=O)[C@]1(C)CCCc2cnnn2CCCCCCC(C)(C)C(=O)CN1. The Labute approximate surface area is 157 Å². The average molecular weight is 363 g/mol. The molecule has 0 unspecified atom stereocenters. The summed E-state index contributed by atoms with van der Waals surface area (Å²) in [5.41, 5.74) is 0.113. The maximum atomic E-state index is 12.7. The lowest BCUT2D eigenvalue weighted by atomic mass is 9.81. The summed E-state index contributed by atoms with van der Waals surface area (Å²) in [7, 11) is 0. The largest absolute Gasteiger partial charge is 0.298 e. The fourth-order valence-electron chi connectivity index (χ4n) is 3.51. The highest BCUT2D eigenvalue weighted by Gasteiger charge is 2.33. The van der Waals surface area contributed by atoms with E-state index in [4.69, 9.17) is 0 Å². The molecular formula is C20H34N4O2. The van der Waals surface area contributed by atoms with E-state index in [2.05, 4.69) is 15.6 Å². The van der Waals surface area contributed by atoms with E-state index in [-0.39, 0.29) is 23.5 Å². The van der Waals surface area contributed by atoms with E-state index in [1.165, 1.54) is 0 Å². The third-order valence-corrected chi connectivity index (χ3v) is 5.90. The van der Waals surface area contributed by atoms with Gasteiger partial charge in [0.25, 0.3) is 0 Å². The Morgan fingerprint density at radius 1 is 1.12 bits per heavy atom. The molecule has 6 heteroatoms. The second kappa shape index (κ2) is 8.89. The predicted octanol–water partition coefficient (Wildman–Crippen LogP) is 3.10. The molecule has 1 aromatic rings. The fourth-order valence-corrected chi connectivity index (χ4v) is 3.51. The normalized spacial score (nSPS) is 26.2. The van der Waals surface area contributed by atoms with Gasteiger partial charge in [-0.1, -0.05) is 38.3 Å². The van der Waals surface area contributed by atoms with Gasteiger partial charge >= 0.3 is 0 Å². The Kier molecular flexibility index (Phi) is 7.09. The first-order valence-electron chi connectivity index (χ1n) is 9.91. The number of rotatable bonds is 1. The Hall–Kier alpha value is -1.56. The molecule has 2 heterocycles. The van der Waals surface area contributed by atoms with Crippen molar-refractivity contribution >= 4 is 11.6 Å². The van der Waals surface area contributed by atoms with E-state index in [9.17, 15) is 9.59 Å². The van der Waals surface area contributed by atoms with Crippen LogP contribution in [0.3, 0.4) is 0 Å². The molecule has 1 atom stereocenters. The minimum absolute atomic E-state index is 0.0795. The van der Waals surface area contributed by atoms with Gasteiger partial charge in [-0.25, -0.2) is 4.68 Å². The van der Waals surface area contributed by atoms with Crippen molar-refractivity contribution < 1.29 is 9.59 Å². The minimum Gasteiger partial charge on any atom is -0.298 e. The summed E-state index contributed by atoms with van der Waals surface area (Å²) in [4.78, 5) is 24.9. The van der Waals surface area contributed by atoms with Crippen molar-refractivity contribution in [3.63, 3.8) is 0 Å². The first kappa shape index (κ1) is 20.7. The first-order valence-corrected chi connectivity index (χ1v) is 9.91. The molecule has 1 aliphatic heterocycles. The van der Waals surface area contributed by atoms with Gasteiger partial charge in [0.1, 0.15) is 5.78 Å². The average Bonchev–Trinajstić information content (AvgIpc) is 3.02. The highest BCUT2D eigenvalue weighted by atomic mass is 16.1. The Bertz CT molecular complexity index is 623. The zero-order valence-electron chi connectivity index (χ0n) is 16.8. The summed E-state index contributed by atoms with van der Waals surface area (Å²) in [6.45, 7) is 8.70.